The van der Waals surface area contributed by atoms with Gasteiger partial charge in [-0.1, -0.05) is 121 Å². The maximum Gasteiger partial charge on any atom is 0.238 e. The maximum absolute atomic E-state index is 9.34. The molecular formula is C45H26N4OS. The summed E-state index contributed by atoms with van der Waals surface area (Å²) in [6, 6.07) is 26.4. The first-order valence-corrected chi connectivity index (χ1v) is 16.9. The molecule has 5 nitrogen and oxygen atoms in total. The summed E-state index contributed by atoms with van der Waals surface area (Å²) >= 11 is 1.58. The second-order valence-electron chi connectivity index (χ2n) is 12.0. The molecule has 11 aromatic rings. The minimum atomic E-state index is -0.562. The molecule has 7 aromatic carbocycles. The van der Waals surface area contributed by atoms with E-state index in [0.717, 1.165) is 31.3 Å². The predicted octanol–water partition coefficient (Wildman–Crippen LogP) is 12.2. The molecule has 0 unspecified atom stereocenters. The van der Waals surface area contributed by atoms with Gasteiger partial charge in [-0.15, -0.1) is 11.3 Å². The van der Waals surface area contributed by atoms with Crippen LogP contribution in [0.5, 0.6) is 0 Å². The highest BCUT2D eigenvalue weighted by molar-refractivity contribution is 7.26. The third-order valence-corrected chi connectivity index (χ3v) is 10.4. The van der Waals surface area contributed by atoms with Crippen molar-refractivity contribution in [1.29, 1.82) is 0 Å². The lowest BCUT2D eigenvalue weighted by atomic mass is 10.0. The lowest BCUT2D eigenvalue weighted by Gasteiger charge is -2.12. The van der Waals surface area contributed by atoms with E-state index in [1.807, 2.05) is 91.0 Å². The Balaban J connectivity index is 1.33. The van der Waals surface area contributed by atoms with Gasteiger partial charge < -0.3 is 4.42 Å². The number of thiophene rings is 1. The fourth-order valence-corrected chi connectivity index (χ4v) is 8.10. The van der Waals surface area contributed by atoms with Crippen molar-refractivity contribution in [2.24, 2.45) is 0 Å². The van der Waals surface area contributed by atoms with Gasteiger partial charge in [0, 0.05) is 47.5 Å². The molecular weight excluding hydrogens is 645 g/mol. The van der Waals surface area contributed by atoms with Crippen LogP contribution in [0.1, 0.15) is 13.7 Å². The standard InChI is InChI=1S/C45H26N4OS/c1-2-11-27(12-3-1)28-21-23-29(24-22-28)43-46-44(35-17-10-16-33-31-14-6-9-20-39(31)51-42(33)35)48-45(47-43)49-36-18-7-4-13-30(36)32-25-26-38-40(41(32)49)34-15-5-8-19-37(34)50-38/h1-26H/i4D,5D,7D,8D,13D,15D,18D,19D,25D,26D. The summed E-state index contributed by atoms with van der Waals surface area (Å²) < 4.78 is 98.6. The fraction of sp³-hybridized carbons (Fsp3) is 0. The van der Waals surface area contributed by atoms with E-state index < -0.39 is 60.4 Å². The summed E-state index contributed by atoms with van der Waals surface area (Å²) in [5.74, 6) is 0.384. The molecule has 0 aliphatic rings. The Hall–Kier alpha value is -6.63. The zero-order valence-corrected chi connectivity index (χ0v) is 27.2. The lowest BCUT2D eigenvalue weighted by Crippen LogP contribution is -2.06. The molecule has 0 spiro atoms. The number of fused-ring (bicyclic) bond motifs is 10. The number of nitrogens with zero attached hydrogens (tertiary/aromatic N) is 4. The molecule has 0 atom stereocenters. The van der Waals surface area contributed by atoms with Crippen LogP contribution in [-0.4, -0.2) is 19.5 Å². The van der Waals surface area contributed by atoms with Crippen LogP contribution in [0.3, 0.4) is 0 Å². The van der Waals surface area contributed by atoms with Gasteiger partial charge in [0.05, 0.1) is 30.1 Å². The van der Waals surface area contributed by atoms with Gasteiger partial charge in [0.2, 0.25) is 5.95 Å². The van der Waals surface area contributed by atoms with E-state index in [0.29, 0.717) is 11.1 Å². The molecule has 0 aliphatic carbocycles. The Bertz CT molecular complexity index is 3720. The molecule has 0 amide bonds. The van der Waals surface area contributed by atoms with Gasteiger partial charge in [0.1, 0.15) is 11.2 Å². The van der Waals surface area contributed by atoms with Crippen LogP contribution in [0.2, 0.25) is 0 Å². The zero-order chi connectivity index (χ0) is 42.2. The molecule has 51 heavy (non-hydrogen) atoms. The SMILES string of the molecule is [2H]c1c([2H])c([2H])c2c(oc3c([2H])c([2H])c4c5c([2H])c([2H])c([2H])c([2H])c5n(-c5nc(-c6ccc(-c7ccccc7)cc6)nc(-c6cccc7c6sc6ccccc67)n5)c4c32)c1[2H]. The van der Waals surface area contributed by atoms with Crippen molar-refractivity contribution in [3.63, 3.8) is 0 Å². The van der Waals surface area contributed by atoms with Crippen LogP contribution in [0.4, 0.5) is 0 Å². The Morgan fingerprint density at radius 3 is 2.16 bits per heavy atom. The summed E-state index contributed by atoms with van der Waals surface area (Å²) in [5.41, 5.74) is 2.71. The largest absolute Gasteiger partial charge is 0.456 e. The molecule has 0 N–H and O–H groups in total. The molecule has 11 rings (SSSR count). The summed E-state index contributed by atoms with van der Waals surface area (Å²) in [6.07, 6.45) is 0. The van der Waals surface area contributed by atoms with Gasteiger partial charge in [-0.3, -0.25) is 4.57 Å². The first-order chi connectivity index (χ1) is 29.4. The Morgan fingerprint density at radius 1 is 0.529 bits per heavy atom. The zero-order valence-electron chi connectivity index (χ0n) is 36.3. The quantitative estimate of drug-likeness (QED) is 0.186. The van der Waals surface area contributed by atoms with Crippen molar-refractivity contribution in [1.82, 2.24) is 19.5 Å². The predicted molar refractivity (Wildman–Crippen MR) is 211 cm³/mol. The summed E-state index contributed by atoms with van der Waals surface area (Å²) in [4.78, 5) is 15.2. The number of furan rings is 1. The smallest absolute Gasteiger partial charge is 0.238 e. The highest BCUT2D eigenvalue weighted by atomic mass is 32.1. The number of rotatable bonds is 4. The molecule has 0 aliphatic heterocycles. The second kappa shape index (κ2) is 10.9. The average Bonchev–Trinajstić information content (AvgIpc) is 3.99. The van der Waals surface area contributed by atoms with E-state index in [-0.39, 0.29) is 61.3 Å². The van der Waals surface area contributed by atoms with Crippen molar-refractivity contribution in [3.05, 3.63) is 157 Å². The second-order valence-corrected chi connectivity index (χ2v) is 13.1. The Morgan fingerprint density at radius 2 is 1.25 bits per heavy atom. The van der Waals surface area contributed by atoms with E-state index in [1.165, 1.54) is 4.57 Å². The van der Waals surface area contributed by atoms with Crippen molar-refractivity contribution in [3.8, 4) is 39.9 Å². The van der Waals surface area contributed by atoms with Gasteiger partial charge >= 0.3 is 0 Å². The first-order valence-electron chi connectivity index (χ1n) is 21.1. The van der Waals surface area contributed by atoms with Gasteiger partial charge in [0.25, 0.3) is 0 Å². The minimum Gasteiger partial charge on any atom is -0.456 e. The van der Waals surface area contributed by atoms with Crippen molar-refractivity contribution in [2.45, 2.75) is 0 Å². The molecule has 4 aromatic heterocycles. The Labute approximate surface area is 309 Å². The van der Waals surface area contributed by atoms with E-state index in [2.05, 4.69) is 6.07 Å². The number of para-hydroxylation sites is 2. The molecule has 0 fully saturated rings. The molecule has 4 heterocycles. The maximum atomic E-state index is 9.34. The summed E-state index contributed by atoms with van der Waals surface area (Å²) in [7, 11) is 0. The number of aromatic nitrogens is 4. The van der Waals surface area contributed by atoms with Gasteiger partial charge in [0.15, 0.2) is 11.6 Å². The van der Waals surface area contributed by atoms with E-state index >= 15 is 0 Å². The van der Waals surface area contributed by atoms with Crippen LogP contribution >= 0.6 is 11.3 Å². The third-order valence-electron chi connectivity index (χ3n) is 9.19. The molecule has 0 saturated carbocycles. The van der Waals surface area contributed by atoms with Crippen LogP contribution in [-0.2, 0) is 0 Å². The molecule has 6 heteroatoms. The monoisotopic (exact) mass is 680 g/mol. The van der Waals surface area contributed by atoms with Crippen LogP contribution in [0.25, 0.3) is 104 Å². The lowest BCUT2D eigenvalue weighted by molar-refractivity contribution is 0.669. The topological polar surface area (TPSA) is 56.7 Å². The summed E-state index contributed by atoms with van der Waals surface area (Å²) in [6.45, 7) is 0. The van der Waals surface area contributed by atoms with Crippen molar-refractivity contribution >= 4 is 75.3 Å². The normalized spacial score (nSPS) is 14.7. The van der Waals surface area contributed by atoms with Gasteiger partial charge in [-0.25, -0.2) is 4.98 Å². The van der Waals surface area contributed by atoms with Crippen LogP contribution < -0.4 is 0 Å². The Kier molecular flexibility index (Phi) is 4.32. The average molecular weight is 681 g/mol. The van der Waals surface area contributed by atoms with Gasteiger partial charge in [-0.05, 0) is 47.4 Å². The highest BCUT2D eigenvalue weighted by Crippen LogP contribution is 2.42. The molecule has 238 valence electrons. The third kappa shape index (κ3) is 4.30. The minimum absolute atomic E-state index is 0.00777. The first kappa shape index (κ1) is 20.1. The number of hydrogen-bond acceptors (Lipinski definition) is 5. The number of benzene rings is 7. The van der Waals surface area contributed by atoms with E-state index in [9.17, 15) is 2.74 Å². The highest BCUT2D eigenvalue weighted by Gasteiger charge is 2.22. The molecule has 0 saturated heterocycles. The number of hydrogen-bond donors (Lipinski definition) is 0. The van der Waals surface area contributed by atoms with E-state index in [4.69, 9.17) is 30.3 Å². The van der Waals surface area contributed by atoms with Crippen LogP contribution in [0, 0.1) is 0 Å². The van der Waals surface area contributed by atoms with Crippen LogP contribution in [0.15, 0.2) is 162 Å². The van der Waals surface area contributed by atoms with Gasteiger partial charge in [-0.2, -0.15) is 9.97 Å². The molecule has 0 bridgehead atoms. The van der Waals surface area contributed by atoms with E-state index in [1.54, 1.807) is 11.3 Å². The summed E-state index contributed by atoms with van der Waals surface area (Å²) in [5, 5.41) is 1.83. The van der Waals surface area contributed by atoms with Crippen molar-refractivity contribution < 1.29 is 18.1 Å². The fourth-order valence-electron chi connectivity index (χ4n) is 6.89. The van der Waals surface area contributed by atoms with Crippen molar-refractivity contribution in [2.75, 3.05) is 0 Å². The molecule has 0 radical (unpaired) electrons.